The Balaban J connectivity index is 1.47. The third kappa shape index (κ3) is 3.96. The first kappa shape index (κ1) is 21.8. The Kier molecular flexibility index (Phi) is 5.49. The molecule has 2 aromatic heterocycles. The monoisotopic (exact) mass is 466 g/mol. The second kappa shape index (κ2) is 8.82. The number of nitrogens with zero attached hydrogens (tertiary/aromatic N) is 3. The number of carbonyl (C=O) groups excluding carboxylic acids is 1. The normalized spacial score (nSPS) is 19.2. The lowest BCUT2D eigenvalue weighted by Crippen LogP contribution is -2.41. The largest absolute Gasteiger partial charge is 0.366 e. The fourth-order valence-corrected chi connectivity index (χ4v) is 5.77. The van der Waals surface area contributed by atoms with E-state index in [9.17, 15) is 4.79 Å². The van der Waals surface area contributed by atoms with Gasteiger partial charge < -0.3 is 16.4 Å². The van der Waals surface area contributed by atoms with Crippen molar-refractivity contribution in [2.24, 2.45) is 17.6 Å². The number of benzene rings is 2. The minimum Gasteiger partial charge on any atom is -0.366 e. The van der Waals surface area contributed by atoms with Gasteiger partial charge in [-0.05, 0) is 74.9 Å². The van der Waals surface area contributed by atoms with Crippen LogP contribution < -0.4 is 16.4 Å². The number of rotatable bonds is 5. The van der Waals surface area contributed by atoms with Crippen molar-refractivity contribution >= 4 is 22.6 Å². The number of nitrogens with one attached hydrogen (secondary N) is 2. The van der Waals surface area contributed by atoms with Crippen LogP contribution in [0.3, 0.4) is 0 Å². The SMILES string of the molecule is Cc1cc2c(C(N)=O)cccc2n1-c1nc2c(c(NCc3ccccc3)n1)CC1CNCCC1C2. The van der Waals surface area contributed by atoms with Gasteiger partial charge >= 0.3 is 0 Å². The van der Waals surface area contributed by atoms with Crippen molar-refractivity contribution in [1.29, 1.82) is 0 Å². The molecule has 0 saturated carbocycles. The Hall–Kier alpha value is -3.71. The number of piperidine rings is 1. The molecule has 7 heteroatoms. The molecule has 1 aliphatic heterocycles. The Labute approximate surface area is 204 Å². The Morgan fingerprint density at radius 2 is 1.97 bits per heavy atom. The van der Waals surface area contributed by atoms with Crippen LogP contribution in [0.2, 0.25) is 0 Å². The smallest absolute Gasteiger partial charge is 0.249 e. The number of primary amides is 1. The number of aromatic nitrogens is 3. The first-order valence-electron chi connectivity index (χ1n) is 12.4. The molecule has 3 heterocycles. The molecule has 0 bridgehead atoms. The zero-order valence-corrected chi connectivity index (χ0v) is 19.9. The van der Waals surface area contributed by atoms with Gasteiger partial charge in [0.05, 0.1) is 11.2 Å². The van der Waals surface area contributed by atoms with E-state index in [0.29, 0.717) is 29.9 Å². The molecule has 2 atom stereocenters. The van der Waals surface area contributed by atoms with Crippen molar-refractivity contribution in [3.05, 3.63) is 82.7 Å². The molecule has 1 aliphatic carbocycles. The highest BCUT2D eigenvalue weighted by Gasteiger charge is 2.33. The van der Waals surface area contributed by atoms with Crippen molar-refractivity contribution in [2.45, 2.75) is 32.7 Å². The van der Waals surface area contributed by atoms with Crippen molar-refractivity contribution in [3.63, 3.8) is 0 Å². The summed E-state index contributed by atoms with van der Waals surface area (Å²) in [7, 11) is 0. The summed E-state index contributed by atoms with van der Waals surface area (Å²) in [4.78, 5) is 22.2. The maximum atomic E-state index is 12.0. The van der Waals surface area contributed by atoms with Crippen molar-refractivity contribution < 1.29 is 4.79 Å². The molecule has 0 spiro atoms. The number of anilines is 1. The summed E-state index contributed by atoms with van der Waals surface area (Å²) in [6, 6.07) is 18.0. The van der Waals surface area contributed by atoms with E-state index < -0.39 is 5.91 Å². The van der Waals surface area contributed by atoms with Crippen LogP contribution >= 0.6 is 0 Å². The van der Waals surface area contributed by atoms with Gasteiger partial charge in [-0.3, -0.25) is 9.36 Å². The fourth-order valence-electron chi connectivity index (χ4n) is 5.77. The summed E-state index contributed by atoms with van der Waals surface area (Å²) < 4.78 is 2.05. The molecule has 2 unspecified atom stereocenters. The number of hydrogen-bond acceptors (Lipinski definition) is 5. The lowest BCUT2D eigenvalue weighted by atomic mass is 9.74. The Bertz CT molecular complexity index is 1410. The highest BCUT2D eigenvalue weighted by molar-refractivity contribution is 6.06. The highest BCUT2D eigenvalue weighted by Crippen LogP contribution is 2.37. The van der Waals surface area contributed by atoms with Crippen molar-refractivity contribution in [2.75, 3.05) is 18.4 Å². The van der Waals surface area contributed by atoms with Crippen LogP contribution in [0.1, 0.15) is 39.3 Å². The average molecular weight is 467 g/mol. The molecular weight excluding hydrogens is 436 g/mol. The molecule has 4 aromatic rings. The maximum Gasteiger partial charge on any atom is 0.249 e. The second-order valence-electron chi connectivity index (χ2n) is 9.78. The third-order valence-corrected chi connectivity index (χ3v) is 7.57. The molecular formula is C28H30N6O. The summed E-state index contributed by atoms with van der Waals surface area (Å²) in [5.41, 5.74) is 11.6. The van der Waals surface area contributed by atoms with Crippen LogP contribution in [-0.4, -0.2) is 33.5 Å². The molecule has 7 nitrogen and oxygen atoms in total. The molecule has 4 N–H and O–H groups in total. The number of carbonyl (C=O) groups is 1. The van der Waals surface area contributed by atoms with Crippen LogP contribution in [-0.2, 0) is 19.4 Å². The topological polar surface area (TPSA) is 97.9 Å². The second-order valence-corrected chi connectivity index (χ2v) is 9.78. The number of hydrogen-bond donors (Lipinski definition) is 3. The van der Waals surface area contributed by atoms with Gasteiger partial charge in [0.15, 0.2) is 0 Å². The molecule has 6 rings (SSSR count). The molecule has 1 amide bonds. The van der Waals surface area contributed by atoms with Gasteiger partial charge in [0.1, 0.15) is 5.82 Å². The van der Waals surface area contributed by atoms with E-state index in [1.54, 1.807) is 6.07 Å². The van der Waals surface area contributed by atoms with E-state index in [1.807, 2.05) is 35.8 Å². The Morgan fingerprint density at radius 1 is 1.11 bits per heavy atom. The highest BCUT2D eigenvalue weighted by atomic mass is 16.1. The van der Waals surface area contributed by atoms with E-state index >= 15 is 0 Å². The van der Waals surface area contributed by atoms with E-state index in [0.717, 1.165) is 54.0 Å². The molecule has 1 saturated heterocycles. The lowest BCUT2D eigenvalue weighted by Gasteiger charge is -2.37. The van der Waals surface area contributed by atoms with E-state index in [1.165, 1.54) is 17.5 Å². The summed E-state index contributed by atoms with van der Waals surface area (Å²) in [5, 5.41) is 8.02. The molecule has 2 aromatic carbocycles. The summed E-state index contributed by atoms with van der Waals surface area (Å²) >= 11 is 0. The lowest BCUT2D eigenvalue weighted by molar-refractivity contribution is 0.100. The zero-order chi connectivity index (χ0) is 23.9. The quantitative estimate of drug-likeness (QED) is 0.416. The number of aryl methyl sites for hydroxylation is 1. The summed E-state index contributed by atoms with van der Waals surface area (Å²) in [6.07, 6.45) is 3.15. The van der Waals surface area contributed by atoms with Gasteiger partial charge in [0, 0.05) is 28.8 Å². The first-order chi connectivity index (χ1) is 17.1. The van der Waals surface area contributed by atoms with Gasteiger partial charge in [-0.2, -0.15) is 4.98 Å². The van der Waals surface area contributed by atoms with Crippen LogP contribution in [0.15, 0.2) is 54.6 Å². The third-order valence-electron chi connectivity index (χ3n) is 7.57. The Morgan fingerprint density at radius 3 is 2.80 bits per heavy atom. The molecule has 178 valence electrons. The number of nitrogens with two attached hydrogens (primary N) is 1. The van der Waals surface area contributed by atoms with Crippen LogP contribution in [0.25, 0.3) is 16.9 Å². The predicted octanol–water partition coefficient (Wildman–Crippen LogP) is 3.76. The minimum absolute atomic E-state index is 0.429. The van der Waals surface area contributed by atoms with Crippen LogP contribution in [0.4, 0.5) is 5.82 Å². The molecule has 0 radical (unpaired) electrons. The van der Waals surface area contributed by atoms with Crippen LogP contribution in [0, 0.1) is 18.8 Å². The minimum atomic E-state index is -0.429. The van der Waals surface area contributed by atoms with Gasteiger partial charge in [-0.25, -0.2) is 4.98 Å². The summed E-state index contributed by atoms with van der Waals surface area (Å²) in [6.45, 7) is 4.85. The number of fused-ring (bicyclic) bond motifs is 3. The zero-order valence-electron chi connectivity index (χ0n) is 19.9. The predicted molar refractivity (Wildman–Crippen MR) is 138 cm³/mol. The number of amides is 1. The van der Waals surface area contributed by atoms with Gasteiger partial charge in [-0.15, -0.1) is 0 Å². The van der Waals surface area contributed by atoms with Crippen molar-refractivity contribution in [1.82, 2.24) is 19.9 Å². The fraction of sp³-hybridized carbons (Fsp3) is 0.321. The standard InChI is InChI=1S/C28H30N6O/c1-17-12-22-21(26(29)35)8-5-9-25(22)34(17)28-32-24-14-19-10-11-30-16-20(19)13-23(24)27(33-28)31-15-18-6-3-2-4-7-18/h2-9,12,19-20,30H,10-11,13-16H2,1H3,(H2,29,35)(H,31,32,33). The molecule has 35 heavy (non-hydrogen) atoms. The van der Waals surface area contributed by atoms with E-state index in [2.05, 4.69) is 34.9 Å². The van der Waals surface area contributed by atoms with Gasteiger partial charge in [0.25, 0.3) is 0 Å². The maximum absolute atomic E-state index is 12.0. The molecule has 2 aliphatic rings. The van der Waals surface area contributed by atoms with E-state index in [-0.39, 0.29) is 0 Å². The average Bonchev–Trinajstić information content (AvgIpc) is 3.22. The van der Waals surface area contributed by atoms with Gasteiger partial charge in [-0.1, -0.05) is 36.4 Å². The summed E-state index contributed by atoms with van der Waals surface area (Å²) in [5.74, 6) is 2.39. The van der Waals surface area contributed by atoms with Crippen molar-refractivity contribution in [3.8, 4) is 5.95 Å². The van der Waals surface area contributed by atoms with E-state index in [4.69, 9.17) is 15.7 Å². The molecule has 1 fully saturated rings. The van der Waals surface area contributed by atoms with Gasteiger partial charge in [0.2, 0.25) is 11.9 Å². The first-order valence-corrected chi connectivity index (χ1v) is 12.4. The van der Waals surface area contributed by atoms with Crippen LogP contribution in [0.5, 0.6) is 0 Å².